The maximum absolute atomic E-state index is 13.3. The molecule has 0 unspecified atom stereocenters. The van der Waals surface area contributed by atoms with Crippen LogP contribution in [-0.4, -0.2) is 89.0 Å². The molecule has 0 aromatic heterocycles. The molecular formula is C25H48N3O11P. The lowest BCUT2D eigenvalue weighted by atomic mass is 10.3. The summed E-state index contributed by atoms with van der Waals surface area (Å²) in [7, 11) is -2.57. The number of carbonyl (C=O) groups excluding carboxylic acids is 3. The van der Waals surface area contributed by atoms with Gasteiger partial charge in [0.15, 0.2) is 0 Å². The standard InChI is InChI=1S/C25H48N3O11P/c1-5-8-15-34-24(30)36-17-10-12-19-38-40(32,27-23(26)28(4)21-22(29)33-14-7-3)39-20-13-11-18-37-25(31)35-16-9-6-2/h5-21H2,1-4H3,(H2,26,27,32). The number of guanidine groups is 1. The molecule has 2 N–H and O–H groups in total. The van der Waals surface area contributed by atoms with Crippen LogP contribution >= 0.6 is 7.75 Å². The molecule has 0 fully saturated rings. The first-order valence-electron chi connectivity index (χ1n) is 13.9. The first kappa shape index (κ1) is 37.4. The van der Waals surface area contributed by atoms with Crippen LogP contribution in [0, 0.1) is 0 Å². The maximum atomic E-state index is 13.3. The fourth-order valence-corrected chi connectivity index (χ4v) is 3.91. The zero-order valence-corrected chi connectivity index (χ0v) is 25.3. The highest BCUT2D eigenvalue weighted by molar-refractivity contribution is 7.52. The molecule has 0 bridgehead atoms. The molecule has 0 aliphatic carbocycles. The summed E-state index contributed by atoms with van der Waals surface area (Å²) < 4.78 is 52.9. The van der Waals surface area contributed by atoms with Gasteiger partial charge in [-0.1, -0.05) is 33.6 Å². The van der Waals surface area contributed by atoms with Crippen molar-refractivity contribution in [3.8, 4) is 0 Å². The number of hydrogen-bond donors (Lipinski definition) is 1. The van der Waals surface area contributed by atoms with Gasteiger partial charge in [-0.05, 0) is 44.9 Å². The number of unbranched alkanes of at least 4 members (excludes halogenated alkanes) is 4. The molecule has 15 heteroatoms. The molecule has 0 radical (unpaired) electrons. The molecule has 0 atom stereocenters. The predicted octanol–water partition coefficient (Wildman–Crippen LogP) is 4.79. The Labute approximate surface area is 237 Å². The molecular weight excluding hydrogens is 549 g/mol. The summed E-state index contributed by atoms with van der Waals surface area (Å²) in [6, 6.07) is 0. The van der Waals surface area contributed by atoms with Crippen LogP contribution in [0.2, 0.25) is 0 Å². The van der Waals surface area contributed by atoms with E-state index in [9.17, 15) is 18.9 Å². The molecule has 0 aliphatic heterocycles. The van der Waals surface area contributed by atoms with Crippen molar-refractivity contribution in [2.45, 2.75) is 78.6 Å². The van der Waals surface area contributed by atoms with Crippen molar-refractivity contribution in [3.05, 3.63) is 0 Å². The van der Waals surface area contributed by atoms with Gasteiger partial charge < -0.3 is 34.3 Å². The van der Waals surface area contributed by atoms with Crippen LogP contribution in [0.4, 0.5) is 9.59 Å². The van der Waals surface area contributed by atoms with Crippen molar-refractivity contribution < 1.29 is 51.7 Å². The molecule has 0 spiro atoms. The molecule has 0 rings (SSSR count). The highest BCUT2D eigenvalue weighted by Gasteiger charge is 2.26. The molecule has 0 saturated carbocycles. The minimum absolute atomic E-state index is 0.0166. The van der Waals surface area contributed by atoms with Gasteiger partial charge in [0.1, 0.15) is 6.54 Å². The third-order valence-corrected chi connectivity index (χ3v) is 6.38. The van der Waals surface area contributed by atoms with Crippen molar-refractivity contribution in [1.29, 1.82) is 0 Å². The summed E-state index contributed by atoms with van der Waals surface area (Å²) in [5.41, 5.74) is 5.94. The minimum atomic E-state index is -4.06. The number of nitrogens with zero attached hydrogens (tertiary/aromatic N) is 2. The summed E-state index contributed by atoms with van der Waals surface area (Å²) in [6.45, 7) is 6.69. The van der Waals surface area contributed by atoms with Crippen LogP contribution in [0.1, 0.15) is 78.6 Å². The Morgan fingerprint density at radius 2 is 1.07 bits per heavy atom. The molecule has 0 saturated heterocycles. The van der Waals surface area contributed by atoms with Gasteiger partial charge >= 0.3 is 26.0 Å². The fourth-order valence-electron chi connectivity index (χ4n) is 2.60. The summed E-state index contributed by atoms with van der Waals surface area (Å²) >= 11 is 0. The summed E-state index contributed by atoms with van der Waals surface area (Å²) in [6.07, 6.45) is 4.15. The number of carbonyl (C=O) groups is 3. The van der Waals surface area contributed by atoms with Gasteiger partial charge in [-0.25, -0.2) is 14.2 Å². The molecule has 234 valence electrons. The van der Waals surface area contributed by atoms with Crippen LogP contribution < -0.4 is 5.73 Å². The molecule has 0 heterocycles. The molecule has 0 aromatic rings. The number of ether oxygens (including phenoxy) is 5. The van der Waals surface area contributed by atoms with E-state index in [1.807, 2.05) is 20.8 Å². The average Bonchev–Trinajstić information content (AvgIpc) is 2.91. The lowest BCUT2D eigenvalue weighted by Gasteiger charge is -2.20. The second-order valence-corrected chi connectivity index (χ2v) is 10.3. The normalized spacial score (nSPS) is 11.6. The van der Waals surface area contributed by atoms with Crippen molar-refractivity contribution in [1.82, 2.24) is 4.90 Å². The van der Waals surface area contributed by atoms with Gasteiger partial charge in [-0.15, -0.1) is 4.76 Å². The van der Waals surface area contributed by atoms with Gasteiger partial charge in [0.2, 0.25) is 5.96 Å². The third kappa shape index (κ3) is 21.3. The van der Waals surface area contributed by atoms with Crippen molar-refractivity contribution in [2.24, 2.45) is 10.5 Å². The topological polar surface area (TPSA) is 175 Å². The lowest BCUT2D eigenvalue weighted by Crippen LogP contribution is -2.38. The Bertz CT molecular complexity index is 745. The van der Waals surface area contributed by atoms with E-state index in [0.29, 0.717) is 45.3 Å². The van der Waals surface area contributed by atoms with Crippen molar-refractivity contribution >= 4 is 32.0 Å². The zero-order valence-electron chi connectivity index (χ0n) is 24.4. The smallest absolute Gasteiger partial charge is 0.464 e. The number of esters is 1. The predicted molar refractivity (Wildman–Crippen MR) is 148 cm³/mol. The van der Waals surface area contributed by atoms with E-state index >= 15 is 0 Å². The van der Waals surface area contributed by atoms with Gasteiger partial charge in [0.25, 0.3) is 0 Å². The number of rotatable bonds is 23. The summed E-state index contributed by atoms with van der Waals surface area (Å²) in [5, 5.41) is 0. The Balaban J connectivity index is 4.76. The SMILES string of the molecule is CCCCOC(=O)OCCCCOP(=O)(/N=C(\N)N(C)CC(=O)OCCC)OCCCCOC(=O)OCCCC. The van der Waals surface area contributed by atoms with Gasteiger partial charge in [-0.3, -0.25) is 13.8 Å². The first-order chi connectivity index (χ1) is 19.2. The van der Waals surface area contributed by atoms with Crippen LogP contribution in [0.15, 0.2) is 4.76 Å². The fraction of sp³-hybridized carbons (Fsp3) is 0.840. The van der Waals surface area contributed by atoms with Crippen LogP contribution in [-0.2, 0) is 42.1 Å². The Hall–Kier alpha value is -2.57. The van der Waals surface area contributed by atoms with Gasteiger partial charge in [-0.2, -0.15) is 0 Å². The minimum Gasteiger partial charge on any atom is -0.464 e. The molecule has 0 amide bonds. The van der Waals surface area contributed by atoms with E-state index in [1.54, 1.807) is 0 Å². The van der Waals surface area contributed by atoms with Crippen LogP contribution in [0.5, 0.6) is 0 Å². The van der Waals surface area contributed by atoms with E-state index in [1.165, 1.54) is 11.9 Å². The molecule has 0 aromatic carbocycles. The van der Waals surface area contributed by atoms with E-state index in [0.717, 1.165) is 25.7 Å². The highest BCUT2D eigenvalue weighted by Crippen LogP contribution is 2.50. The Morgan fingerprint density at radius 1 is 0.650 bits per heavy atom. The number of hydrogen-bond acceptors (Lipinski definition) is 11. The Kier molecular flexibility index (Phi) is 22.7. The largest absolute Gasteiger partial charge is 0.508 e. The number of nitrogens with two attached hydrogens (primary N) is 1. The van der Waals surface area contributed by atoms with E-state index in [4.69, 9.17) is 38.5 Å². The quantitative estimate of drug-likeness (QED) is 0.0425. The Morgan fingerprint density at radius 3 is 1.50 bits per heavy atom. The van der Waals surface area contributed by atoms with Gasteiger partial charge in [0.05, 0.1) is 46.2 Å². The second-order valence-electron chi connectivity index (χ2n) is 8.68. The molecule has 0 aliphatic rings. The second kappa shape index (κ2) is 24.2. The van der Waals surface area contributed by atoms with E-state index in [-0.39, 0.29) is 45.5 Å². The van der Waals surface area contributed by atoms with Crippen LogP contribution in [0.25, 0.3) is 0 Å². The van der Waals surface area contributed by atoms with E-state index in [2.05, 4.69) is 4.76 Å². The van der Waals surface area contributed by atoms with Crippen LogP contribution in [0.3, 0.4) is 0 Å². The lowest BCUT2D eigenvalue weighted by molar-refractivity contribution is -0.143. The average molecular weight is 598 g/mol. The highest BCUT2D eigenvalue weighted by atomic mass is 31.2. The monoisotopic (exact) mass is 597 g/mol. The first-order valence-corrected chi connectivity index (χ1v) is 15.4. The number of likely N-dealkylation sites (N-methyl/N-ethyl adjacent to an activating group) is 1. The molecule has 14 nitrogen and oxygen atoms in total. The summed E-state index contributed by atoms with van der Waals surface area (Å²) in [5.74, 6) is -0.742. The van der Waals surface area contributed by atoms with Crippen molar-refractivity contribution in [2.75, 3.05) is 59.8 Å². The summed E-state index contributed by atoms with van der Waals surface area (Å²) in [4.78, 5) is 36.1. The zero-order chi connectivity index (χ0) is 30.1. The van der Waals surface area contributed by atoms with Crippen molar-refractivity contribution in [3.63, 3.8) is 0 Å². The maximum Gasteiger partial charge on any atom is 0.508 e. The van der Waals surface area contributed by atoms with E-state index < -0.39 is 26.0 Å². The van der Waals surface area contributed by atoms with Gasteiger partial charge in [0, 0.05) is 7.05 Å². The third-order valence-electron chi connectivity index (χ3n) is 4.91. The molecule has 40 heavy (non-hydrogen) atoms.